The van der Waals surface area contributed by atoms with E-state index >= 15 is 0 Å². The Hall–Kier alpha value is -2.55. The number of carbonyl (C=O) groups excluding carboxylic acids is 2. The molecule has 3 N–H and O–H groups in total. The monoisotopic (exact) mass is 736 g/mol. The predicted octanol–water partition coefficient (Wildman–Crippen LogP) is 10.5. The summed E-state index contributed by atoms with van der Waals surface area (Å²) in [5.41, 5.74) is 0. The molecule has 0 aliphatic rings. The van der Waals surface area contributed by atoms with E-state index in [1.807, 2.05) is 36.5 Å². The van der Waals surface area contributed by atoms with Crippen LogP contribution >= 0.6 is 7.82 Å². The highest BCUT2D eigenvalue weighted by Crippen LogP contribution is 2.36. The van der Waals surface area contributed by atoms with Crippen molar-refractivity contribution in [3.63, 3.8) is 0 Å². The zero-order valence-electron chi connectivity index (χ0n) is 31.6. The number of ether oxygens (including phenoxy) is 2. The first-order chi connectivity index (χ1) is 24.7. The second-order valence-corrected chi connectivity index (χ2v) is 14.0. The fourth-order valence-corrected chi connectivity index (χ4v) is 5.19. The highest BCUT2D eigenvalue weighted by molar-refractivity contribution is 7.46. The molecule has 0 heterocycles. The summed E-state index contributed by atoms with van der Waals surface area (Å²) in [5.74, 6) is -1.01. The second-order valence-electron chi connectivity index (χ2n) is 12.7. The summed E-state index contributed by atoms with van der Waals surface area (Å²) in [6.07, 6.45) is 42.2. The molecule has 0 rings (SSSR count). The van der Waals surface area contributed by atoms with E-state index in [4.69, 9.17) is 19.3 Å². The lowest BCUT2D eigenvalue weighted by molar-refractivity contribution is -0.161. The van der Waals surface area contributed by atoms with Gasteiger partial charge in [-0.1, -0.05) is 132 Å². The minimum atomic E-state index is -4.78. The number of allylic oxidation sites excluding steroid dienone is 10. The van der Waals surface area contributed by atoms with Crippen molar-refractivity contribution in [1.29, 1.82) is 0 Å². The third-order valence-electron chi connectivity index (χ3n) is 7.78. The van der Waals surface area contributed by atoms with Gasteiger partial charge in [-0.2, -0.15) is 0 Å². The highest BCUT2D eigenvalue weighted by atomic mass is 31.2. The van der Waals surface area contributed by atoms with Crippen LogP contribution in [0.2, 0.25) is 0 Å². The number of aliphatic hydroxyl groups is 1. The van der Waals surface area contributed by atoms with Crippen molar-refractivity contribution in [2.75, 3.05) is 13.2 Å². The lowest BCUT2D eigenvalue weighted by atomic mass is 10.1. The van der Waals surface area contributed by atoms with E-state index in [1.165, 1.54) is 38.5 Å². The number of rotatable bonds is 34. The van der Waals surface area contributed by atoms with Crippen molar-refractivity contribution >= 4 is 19.8 Å². The van der Waals surface area contributed by atoms with Crippen molar-refractivity contribution in [3.8, 4) is 0 Å². The molecule has 0 aromatic heterocycles. The third kappa shape index (κ3) is 38.5. The molecule has 10 heteroatoms. The molecule has 0 aromatic rings. The molecule has 9 nitrogen and oxygen atoms in total. The number of carbonyl (C=O) groups is 2. The van der Waals surface area contributed by atoms with Crippen LogP contribution < -0.4 is 0 Å². The van der Waals surface area contributed by atoms with E-state index in [0.29, 0.717) is 25.7 Å². The van der Waals surface area contributed by atoms with E-state index in [0.717, 1.165) is 57.8 Å². The number of phosphoric ester groups is 1. The van der Waals surface area contributed by atoms with Gasteiger partial charge in [-0.25, -0.2) is 4.57 Å². The Kier molecular flexibility index (Phi) is 34.0. The average Bonchev–Trinajstić information content (AvgIpc) is 3.09. The number of phosphoric acid groups is 1. The highest BCUT2D eigenvalue weighted by Gasteiger charge is 2.22. The fourth-order valence-electron chi connectivity index (χ4n) is 4.83. The maximum absolute atomic E-state index is 12.4. The van der Waals surface area contributed by atoms with Gasteiger partial charge in [0.1, 0.15) is 6.61 Å². The maximum Gasteiger partial charge on any atom is 0.469 e. The average molecular weight is 737 g/mol. The number of aliphatic hydroxyl groups excluding tert-OH is 1. The van der Waals surface area contributed by atoms with Gasteiger partial charge in [0.15, 0.2) is 6.10 Å². The number of hydrogen-bond donors (Lipinski definition) is 3. The van der Waals surface area contributed by atoms with Crippen molar-refractivity contribution in [2.24, 2.45) is 0 Å². The first kappa shape index (κ1) is 48.5. The number of hydrogen-bond acceptors (Lipinski definition) is 7. The van der Waals surface area contributed by atoms with Gasteiger partial charge >= 0.3 is 19.8 Å². The van der Waals surface area contributed by atoms with Gasteiger partial charge in [-0.3, -0.25) is 14.1 Å². The zero-order chi connectivity index (χ0) is 37.7. The number of esters is 2. The van der Waals surface area contributed by atoms with Crippen LogP contribution in [0.1, 0.15) is 149 Å². The molecule has 0 aromatic carbocycles. The smallest absolute Gasteiger partial charge is 0.462 e. The topological polar surface area (TPSA) is 140 Å². The van der Waals surface area contributed by atoms with Crippen LogP contribution in [0.3, 0.4) is 0 Å². The molecule has 0 bridgehead atoms. The minimum Gasteiger partial charge on any atom is -0.462 e. The minimum absolute atomic E-state index is 0.153. The van der Waals surface area contributed by atoms with E-state index in [1.54, 1.807) is 6.08 Å². The molecule has 0 aliphatic carbocycles. The van der Waals surface area contributed by atoms with Gasteiger partial charge in [0, 0.05) is 12.8 Å². The van der Waals surface area contributed by atoms with Crippen LogP contribution in [0.15, 0.2) is 72.9 Å². The van der Waals surface area contributed by atoms with Crippen molar-refractivity contribution in [3.05, 3.63) is 72.9 Å². The molecule has 0 saturated carbocycles. The summed E-state index contributed by atoms with van der Waals surface area (Å²) in [6, 6.07) is 0. The molecular formula is C41H69O9P. The Labute approximate surface area is 309 Å². The van der Waals surface area contributed by atoms with Gasteiger partial charge in [-0.15, -0.1) is 0 Å². The van der Waals surface area contributed by atoms with Crippen LogP contribution in [0, 0.1) is 0 Å². The fraction of sp³-hybridized carbons (Fsp3) is 0.659. The molecule has 0 saturated heterocycles. The maximum atomic E-state index is 12.4. The predicted molar refractivity (Wildman–Crippen MR) is 208 cm³/mol. The molecule has 0 fully saturated rings. The number of unbranched alkanes of at least 4 members (excludes halogenated alkanes) is 12. The first-order valence-corrected chi connectivity index (χ1v) is 20.9. The normalized spacial score (nSPS) is 13.9. The van der Waals surface area contributed by atoms with Crippen LogP contribution in [-0.4, -0.2) is 52.3 Å². The Bertz CT molecular complexity index is 1070. The van der Waals surface area contributed by atoms with Crippen LogP contribution in [0.25, 0.3) is 0 Å². The van der Waals surface area contributed by atoms with Crippen molar-refractivity contribution in [1.82, 2.24) is 0 Å². The summed E-state index contributed by atoms with van der Waals surface area (Å²) in [5, 5.41) is 9.98. The molecule has 292 valence electrons. The Morgan fingerprint density at radius 1 is 0.608 bits per heavy atom. The molecule has 0 spiro atoms. The van der Waals surface area contributed by atoms with E-state index in [9.17, 15) is 19.3 Å². The summed E-state index contributed by atoms with van der Waals surface area (Å²) in [6.45, 7) is 3.48. The van der Waals surface area contributed by atoms with E-state index in [-0.39, 0.29) is 19.4 Å². The lowest BCUT2D eigenvalue weighted by Gasteiger charge is -2.18. The first-order valence-electron chi connectivity index (χ1n) is 19.3. The third-order valence-corrected chi connectivity index (χ3v) is 8.26. The van der Waals surface area contributed by atoms with E-state index in [2.05, 4.69) is 48.8 Å². The zero-order valence-corrected chi connectivity index (χ0v) is 32.5. The Morgan fingerprint density at radius 3 is 1.76 bits per heavy atom. The van der Waals surface area contributed by atoms with Crippen LogP contribution in [0.5, 0.6) is 0 Å². The van der Waals surface area contributed by atoms with Gasteiger partial charge < -0.3 is 24.4 Å². The van der Waals surface area contributed by atoms with E-state index < -0.39 is 38.6 Å². The Morgan fingerprint density at radius 2 is 1.14 bits per heavy atom. The standard InChI is InChI=1S/C41H69O9P/c1-3-5-7-9-11-12-13-14-15-16-17-18-23-27-31-35-41(44)50-39(37-49-51(45,46)47)36-48-40(43)34-30-26-22-20-19-21-25-29-33-38(42)32-28-24-10-8-6-4-2/h11-12,14-15,20-22,24-25,28-29,33,38-39,42H,3-10,13,16-19,23,26-27,30-32,34-37H2,1-2H3,(H2,45,46,47)/b12-11-,15-14-,22-20-,25-21-,28-24-,33-29+/t38-,39-/m1/s1. The molecule has 0 amide bonds. The summed E-state index contributed by atoms with van der Waals surface area (Å²) >= 11 is 0. The van der Waals surface area contributed by atoms with Crippen LogP contribution in [-0.2, 0) is 28.2 Å². The molecule has 51 heavy (non-hydrogen) atoms. The molecule has 2 atom stereocenters. The largest absolute Gasteiger partial charge is 0.469 e. The lowest BCUT2D eigenvalue weighted by Crippen LogP contribution is -2.29. The molecule has 0 radical (unpaired) electrons. The summed E-state index contributed by atoms with van der Waals surface area (Å²) in [7, 11) is -4.78. The van der Waals surface area contributed by atoms with Gasteiger partial charge in [0.2, 0.25) is 0 Å². The quantitative estimate of drug-likeness (QED) is 0.0194. The van der Waals surface area contributed by atoms with Crippen molar-refractivity contribution in [2.45, 2.75) is 161 Å². The molecule has 0 unspecified atom stereocenters. The van der Waals surface area contributed by atoms with Crippen molar-refractivity contribution < 1.29 is 43.0 Å². The SMILES string of the molecule is CCCCC/C=C\C/C=C\CCCCCCCC(=O)O[C@H](COC(=O)CCC/C=C\C/C=C\C=C\[C@H](O)C/C=C\CCCCC)COP(=O)(O)O. The Balaban J connectivity index is 4.17. The van der Waals surface area contributed by atoms with Crippen LogP contribution in [0.4, 0.5) is 0 Å². The van der Waals surface area contributed by atoms with Gasteiger partial charge in [0.05, 0.1) is 12.7 Å². The summed E-state index contributed by atoms with van der Waals surface area (Å²) in [4.78, 5) is 42.7. The molecular weight excluding hydrogens is 667 g/mol. The second kappa shape index (κ2) is 35.8. The summed E-state index contributed by atoms with van der Waals surface area (Å²) < 4.78 is 26.2. The van der Waals surface area contributed by atoms with Gasteiger partial charge in [0.25, 0.3) is 0 Å². The molecule has 0 aliphatic heterocycles. The van der Waals surface area contributed by atoms with Gasteiger partial charge in [-0.05, 0) is 77.0 Å².